The second-order valence-corrected chi connectivity index (χ2v) is 5.38. The number of alkyl halides is 1. The van der Waals surface area contributed by atoms with Crippen molar-refractivity contribution >= 4 is 0 Å². The Balaban J connectivity index is 1.69. The minimum absolute atomic E-state index is 0.265. The van der Waals surface area contributed by atoms with Gasteiger partial charge in [-0.05, 0) is 60.2 Å². The monoisotopic (exact) mass is 344 g/mol. The Kier molecular flexibility index (Phi) is 5.12. The van der Waals surface area contributed by atoms with Crippen LogP contribution in [0.4, 0.5) is 4.39 Å². The maximum Gasteiger partial charge on any atom is 0.128 e. The van der Waals surface area contributed by atoms with Crippen LogP contribution in [0.3, 0.4) is 0 Å². The minimum Gasteiger partial charge on any atom is -0.457 e. The smallest absolute Gasteiger partial charge is 0.128 e. The predicted octanol–water partition coefficient (Wildman–Crippen LogP) is 5.48. The summed E-state index contributed by atoms with van der Waals surface area (Å²) >= 11 is 0. The topological polar surface area (TPSA) is 66.0 Å². The van der Waals surface area contributed by atoms with E-state index >= 15 is 0 Å². The van der Waals surface area contributed by atoms with Crippen molar-refractivity contribution in [3.8, 4) is 35.1 Å². The van der Waals surface area contributed by atoms with Crippen LogP contribution in [-0.2, 0) is 6.67 Å². The summed E-state index contributed by atoms with van der Waals surface area (Å²) in [5, 5.41) is 18.0. The maximum absolute atomic E-state index is 12.5. The molecule has 0 aromatic heterocycles. The Morgan fingerprint density at radius 1 is 0.654 bits per heavy atom. The van der Waals surface area contributed by atoms with Gasteiger partial charge in [0.05, 0.1) is 11.1 Å². The van der Waals surface area contributed by atoms with Gasteiger partial charge >= 0.3 is 0 Å². The number of ether oxygens (including phenoxy) is 2. The van der Waals surface area contributed by atoms with Crippen LogP contribution < -0.4 is 9.47 Å². The molecular formula is C21H13FN2O2. The highest BCUT2D eigenvalue weighted by Gasteiger charge is 2.05. The van der Waals surface area contributed by atoms with E-state index in [1.165, 1.54) is 6.07 Å². The first-order chi connectivity index (χ1) is 12.7. The van der Waals surface area contributed by atoms with Gasteiger partial charge in [-0.2, -0.15) is 10.5 Å². The molecule has 0 aliphatic rings. The zero-order chi connectivity index (χ0) is 18.4. The Bertz CT molecular complexity index is 985. The van der Waals surface area contributed by atoms with Crippen molar-refractivity contribution in [2.24, 2.45) is 0 Å². The van der Waals surface area contributed by atoms with Gasteiger partial charge in [0.15, 0.2) is 0 Å². The third kappa shape index (κ3) is 3.98. The van der Waals surface area contributed by atoms with Gasteiger partial charge in [-0.1, -0.05) is 12.1 Å². The zero-order valence-electron chi connectivity index (χ0n) is 13.6. The van der Waals surface area contributed by atoms with Crippen molar-refractivity contribution in [2.45, 2.75) is 6.67 Å². The average Bonchev–Trinajstić information content (AvgIpc) is 2.70. The van der Waals surface area contributed by atoms with E-state index in [9.17, 15) is 4.39 Å². The number of rotatable bonds is 5. The van der Waals surface area contributed by atoms with Gasteiger partial charge in [-0.15, -0.1) is 0 Å². The molecule has 0 saturated heterocycles. The van der Waals surface area contributed by atoms with Gasteiger partial charge < -0.3 is 9.47 Å². The van der Waals surface area contributed by atoms with Gasteiger partial charge in [0.25, 0.3) is 0 Å². The summed E-state index contributed by atoms with van der Waals surface area (Å²) in [6.07, 6.45) is 0. The number of hydrogen-bond donors (Lipinski definition) is 0. The van der Waals surface area contributed by atoms with Crippen molar-refractivity contribution in [1.82, 2.24) is 0 Å². The van der Waals surface area contributed by atoms with E-state index in [2.05, 4.69) is 0 Å². The normalized spacial score (nSPS) is 9.81. The van der Waals surface area contributed by atoms with Crippen LogP contribution in [0.2, 0.25) is 0 Å². The predicted molar refractivity (Wildman–Crippen MR) is 93.7 cm³/mol. The molecule has 0 amide bonds. The molecule has 0 aliphatic heterocycles. The summed E-state index contributed by atoms with van der Waals surface area (Å²) in [6.45, 7) is -0.505. The molecule has 0 spiro atoms. The van der Waals surface area contributed by atoms with Crippen molar-refractivity contribution in [3.05, 3.63) is 83.4 Å². The van der Waals surface area contributed by atoms with Gasteiger partial charge in [-0.25, -0.2) is 4.39 Å². The standard InChI is InChI=1S/C21H13FN2O2/c22-12-15-1-4-18(5-2-15)25-19-7-9-20(10-8-19)26-21-6-3-16(13-23)17(11-21)14-24/h1-11H,12H2. The molecule has 0 radical (unpaired) electrons. The summed E-state index contributed by atoms with van der Waals surface area (Å²) in [5.74, 6) is 2.26. The Morgan fingerprint density at radius 2 is 1.12 bits per heavy atom. The minimum atomic E-state index is -0.505. The van der Waals surface area contributed by atoms with Crippen molar-refractivity contribution in [2.75, 3.05) is 0 Å². The van der Waals surface area contributed by atoms with Gasteiger partial charge in [-0.3, -0.25) is 0 Å². The van der Waals surface area contributed by atoms with E-state index in [-0.39, 0.29) is 5.56 Å². The fourth-order valence-electron chi connectivity index (χ4n) is 2.27. The van der Waals surface area contributed by atoms with E-state index in [0.717, 1.165) is 0 Å². The van der Waals surface area contributed by atoms with E-state index in [4.69, 9.17) is 20.0 Å². The van der Waals surface area contributed by atoms with Crippen LogP contribution >= 0.6 is 0 Å². The first kappa shape index (κ1) is 17.0. The molecule has 0 atom stereocenters. The second kappa shape index (κ2) is 7.83. The maximum atomic E-state index is 12.5. The number of benzene rings is 3. The van der Waals surface area contributed by atoms with E-state index in [1.807, 2.05) is 12.1 Å². The first-order valence-electron chi connectivity index (χ1n) is 7.77. The van der Waals surface area contributed by atoms with Gasteiger partial charge in [0.1, 0.15) is 41.8 Å². The average molecular weight is 344 g/mol. The molecule has 0 aliphatic carbocycles. The second-order valence-electron chi connectivity index (χ2n) is 5.38. The quantitative estimate of drug-likeness (QED) is 0.614. The van der Waals surface area contributed by atoms with Gasteiger partial charge in [0, 0.05) is 0 Å². The summed E-state index contributed by atoms with van der Waals surface area (Å²) in [7, 11) is 0. The number of nitrogens with zero attached hydrogens (tertiary/aromatic N) is 2. The highest BCUT2D eigenvalue weighted by atomic mass is 19.1. The third-order valence-corrected chi connectivity index (χ3v) is 3.60. The molecule has 3 aromatic carbocycles. The molecule has 0 bridgehead atoms. The van der Waals surface area contributed by atoms with E-state index in [1.54, 1.807) is 60.7 Å². The van der Waals surface area contributed by atoms with Crippen LogP contribution in [0, 0.1) is 22.7 Å². The fraction of sp³-hybridized carbons (Fsp3) is 0.0476. The number of nitriles is 2. The van der Waals surface area contributed by atoms with Crippen molar-refractivity contribution < 1.29 is 13.9 Å². The van der Waals surface area contributed by atoms with E-state index < -0.39 is 6.67 Å². The molecule has 3 aromatic rings. The lowest BCUT2D eigenvalue weighted by Gasteiger charge is -2.09. The molecule has 26 heavy (non-hydrogen) atoms. The zero-order valence-corrected chi connectivity index (χ0v) is 13.6. The first-order valence-corrected chi connectivity index (χ1v) is 7.77. The Hall–Kier alpha value is -3.83. The van der Waals surface area contributed by atoms with E-state index in [0.29, 0.717) is 34.1 Å². The Morgan fingerprint density at radius 3 is 1.62 bits per heavy atom. The molecule has 3 rings (SSSR count). The molecule has 0 unspecified atom stereocenters. The summed E-state index contributed by atoms with van der Waals surface area (Å²) in [6, 6.07) is 22.3. The van der Waals surface area contributed by atoms with Crippen LogP contribution in [-0.4, -0.2) is 0 Å². The molecule has 0 saturated carbocycles. The molecule has 0 heterocycles. The van der Waals surface area contributed by atoms with Crippen molar-refractivity contribution in [1.29, 1.82) is 10.5 Å². The lowest BCUT2D eigenvalue weighted by Crippen LogP contribution is -1.89. The molecule has 0 N–H and O–H groups in total. The Labute approximate surface area is 150 Å². The summed E-state index contributed by atoms with van der Waals surface area (Å²) < 4.78 is 23.9. The lowest BCUT2D eigenvalue weighted by atomic mass is 10.1. The highest BCUT2D eigenvalue weighted by Crippen LogP contribution is 2.28. The summed E-state index contributed by atoms with van der Waals surface area (Å²) in [5.41, 5.74) is 1.17. The van der Waals surface area contributed by atoms with Crippen molar-refractivity contribution in [3.63, 3.8) is 0 Å². The SMILES string of the molecule is N#Cc1ccc(Oc2ccc(Oc3ccc(CF)cc3)cc2)cc1C#N. The van der Waals surface area contributed by atoms with Crippen LogP contribution in [0.15, 0.2) is 66.7 Å². The number of hydrogen-bond acceptors (Lipinski definition) is 4. The molecular weight excluding hydrogens is 331 g/mol. The van der Waals surface area contributed by atoms with Gasteiger partial charge in [0.2, 0.25) is 0 Å². The molecule has 126 valence electrons. The third-order valence-electron chi connectivity index (χ3n) is 3.60. The molecule has 5 heteroatoms. The summed E-state index contributed by atoms with van der Waals surface area (Å²) in [4.78, 5) is 0. The fourth-order valence-corrected chi connectivity index (χ4v) is 2.27. The van der Waals surface area contributed by atoms with Crippen LogP contribution in [0.1, 0.15) is 16.7 Å². The van der Waals surface area contributed by atoms with Crippen LogP contribution in [0.25, 0.3) is 0 Å². The largest absolute Gasteiger partial charge is 0.457 e. The molecule has 4 nitrogen and oxygen atoms in total. The molecule has 0 fully saturated rings. The highest BCUT2D eigenvalue weighted by molar-refractivity contribution is 5.50. The lowest BCUT2D eigenvalue weighted by molar-refractivity contribution is 0.467. The van der Waals surface area contributed by atoms with Crippen LogP contribution in [0.5, 0.6) is 23.0 Å². The number of halogens is 1.